The number of aryl methyl sites for hydroxylation is 1. The molecule has 0 aliphatic carbocycles. The molecule has 0 fully saturated rings. The van der Waals surface area contributed by atoms with Gasteiger partial charge in [-0.05, 0) is 36.2 Å². The summed E-state index contributed by atoms with van der Waals surface area (Å²) in [6, 6.07) is 21.4. The molecular weight excluding hydrogens is 548 g/mol. The second-order valence-electron chi connectivity index (χ2n) is 9.75. The minimum atomic E-state index is -1.82. The number of para-hydroxylation sites is 1. The molecule has 0 saturated carbocycles. The van der Waals surface area contributed by atoms with Crippen LogP contribution in [0, 0.1) is 0 Å². The molecule has 1 atom stereocenters. The van der Waals surface area contributed by atoms with Crippen LogP contribution >= 0.6 is 22.9 Å². The van der Waals surface area contributed by atoms with Crippen LogP contribution in [0.5, 0.6) is 0 Å². The SMILES string of the molecule is CCCc1nnc(N2C(=O)c3oc4ccc(Cl)cc4c(=O)c3C23C(=O)N(Cc2ccccc2)c2ccccc23)s1. The van der Waals surface area contributed by atoms with E-state index < -0.39 is 22.8 Å². The molecule has 2 amide bonds. The lowest BCUT2D eigenvalue weighted by Gasteiger charge is -2.32. The van der Waals surface area contributed by atoms with E-state index in [1.165, 1.54) is 22.3 Å². The highest BCUT2D eigenvalue weighted by molar-refractivity contribution is 7.15. The molecule has 0 saturated heterocycles. The molecule has 1 spiro atoms. The van der Waals surface area contributed by atoms with Crippen molar-refractivity contribution >= 4 is 56.5 Å². The lowest BCUT2D eigenvalue weighted by Crippen LogP contribution is -2.53. The molecule has 8 nitrogen and oxygen atoms in total. The second-order valence-corrected chi connectivity index (χ2v) is 11.2. The molecule has 1 unspecified atom stereocenters. The maximum Gasteiger partial charge on any atom is 0.297 e. The van der Waals surface area contributed by atoms with E-state index in [1.807, 2.05) is 49.4 Å². The van der Waals surface area contributed by atoms with Gasteiger partial charge in [0.2, 0.25) is 10.9 Å². The van der Waals surface area contributed by atoms with Crippen molar-refractivity contribution in [1.29, 1.82) is 0 Å². The summed E-state index contributed by atoms with van der Waals surface area (Å²) in [4.78, 5) is 46.3. The van der Waals surface area contributed by atoms with Crippen molar-refractivity contribution in [1.82, 2.24) is 10.2 Å². The average molecular weight is 569 g/mol. The fourth-order valence-electron chi connectivity index (χ4n) is 5.71. The first kappa shape index (κ1) is 24.7. The van der Waals surface area contributed by atoms with E-state index in [0.717, 1.165) is 17.0 Å². The van der Waals surface area contributed by atoms with Gasteiger partial charge in [-0.3, -0.25) is 19.3 Å². The maximum atomic E-state index is 14.9. The topological polar surface area (TPSA) is 96.6 Å². The van der Waals surface area contributed by atoms with Gasteiger partial charge in [0.1, 0.15) is 10.6 Å². The average Bonchev–Trinajstić information content (AvgIpc) is 3.59. The number of fused-ring (bicyclic) bond motifs is 5. The summed E-state index contributed by atoms with van der Waals surface area (Å²) in [6.45, 7) is 2.27. The van der Waals surface area contributed by atoms with E-state index in [-0.39, 0.29) is 34.0 Å². The van der Waals surface area contributed by atoms with Gasteiger partial charge in [-0.1, -0.05) is 78.4 Å². The maximum absolute atomic E-state index is 14.9. The van der Waals surface area contributed by atoms with Crippen LogP contribution in [0.15, 0.2) is 82.0 Å². The summed E-state index contributed by atoms with van der Waals surface area (Å²) in [5.74, 6) is -1.24. The smallest absolute Gasteiger partial charge is 0.297 e. The first-order chi connectivity index (χ1) is 19.4. The molecule has 4 heterocycles. The number of nitrogens with zero attached hydrogens (tertiary/aromatic N) is 4. The van der Waals surface area contributed by atoms with Gasteiger partial charge in [0.25, 0.3) is 11.8 Å². The second kappa shape index (κ2) is 9.11. The molecule has 5 aromatic rings. The summed E-state index contributed by atoms with van der Waals surface area (Å²) >= 11 is 7.48. The molecule has 198 valence electrons. The molecule has 7 rings (SSSR count). The van der Waals surface area contributed by atoms with Crippen LogP contribution < -0.4 is 15.2 Å². The number of aromatic nitrogens is 2. The number of hydrogen-bond acceptors (Lipinski definition) is 7. The number of amides is 2. The number of carbonyl (C=O) groups is 2. The van der Waals surface area contributed by atoms with Crippen molar-refractivity contribution in [3.63, 3.8) is 0 Å². The third-order valence-electron chi connectivity index (χ3n) is 7.38. The third kappa shape index (κ3) is 3.34. The van der Waals surface area contributed by atoms with Crippen molar-refractivity contribution in [2.24, 2.45) is 0 Å². The Bertz CT molecular complexity index is 1900. The summed E-state index contributed by atoms with van der Waals surface area (Å²) in [7, 11) is 0. The number of rotatable bonds is 5. The standard InChI is InChI=1S/C30H21ClN4O4S/c1-2-8-23-32-33-29(40-23)35-27(37)26-24(25(36)19-15-18(31)13-14-22(19)39-26)30(35)20-11-6-7-12-21(20)34(28(30)38)16-17-9-4-3-5-10-17/h3-7,9-15H,2,8,16H2,1H3. The fraction of sp³-hybridized carbons (Fsp3) is 0.167. The fourth-order valence-corrected chi connectivity index (χ4v) is 6.87. The van der Waals surface area contributed by atoms with Crippen molar-refractivity contribution in [2.45, 2.75) is 31.8 Å². The summed E-state index contributed by atoms with van der Waals surface area (Å²) in [5, 5.41) is 10.1. The highest BCUT2D eigenvalue weighted by Gasteiger charge is 2.66. The van der Waals surface area contributed by atoms with Gasteiger partial charge in [-0.15, -0.1) is 10.2 Å². The number of halogens is 1. The van der Waals surface area contributed by atoms with Gasteiger partial charge in [-0.2, -0.15) is 0 Å². The molecule has 40 heavy (non-hydrogen) atoms. The monoisotopic (exact) mass is 568 g/mol. The highest BCUT2D eigenvalue weighted by Crippen LogP contribution is 2.54. The normalized spacial score (nSPS) is 17.8. The zero-order chi connectivity index (χ0) is 27.6. The molecule has 2 aliphatic rings. The van der Waals surface area contributed by atoms with Gasteiger partial charge in [0.05, 0.1) is 23.2 Å². The first-order valence-corrected chi connectivity index (χ1v) is 14.0. The molecule has 2 aromatic heterocycles. The Labute approximate surface area is 237 Å². The zero-order valence-electron chi connectivity index (χ0n) is 21.3. The Morgan fingerprint density at radius 1 is 0.975 bits per heavy atom. The molecule has 10 heteroatoms. The van der Waals surface area contributed by atoms with E-state index in [4.69, 9.17) is 16.0 Å². The predicted octanol–water partition coefficient (Wildman–Crippen LogP) is 5.70. The Balaban J connectivity index is 1.55. The zero-order valence-corrected chi connectivity index (χ0v) is 22.8. The van der Waals surface area contributed by atoms with E-state index in [9.17, 15) is 14.4 Å². The van der Waals surface area contributed by atoms with E-state index in [1.54, 1.807) is 29.2 Å². The molecule has 3 aromatic carbocycles. The molecule has 0 radical (unpaired) electrons. The molecule has 0 N–H and O–H groups in total. The van der Waals surface area contributed by atoms with Crippen LogP contribution in [0.3, 0.4) is 0 Å². The summed E-state index contributed by atoms with van der Waals surface area (Å²) in [6.07, 6.45) is 1.51. The van der Waals surface area contributed by atoms with Crippen molar-refractivity contribution in [3.8, 4) is 0 Å². The quantitative estimate of drug-likeness (QED) is 0.270. The van der Waals surface area contributed by atoms with Crippen LogP contribution in [0.1, 0.15) is 45.6 Å². The number of carbonyl (C=O) groups excluding carboxylic acids is 2. The lowest BCUT2D eigenvalue weighted by atomic mass is 9.84. The largest absolute Gasteiger partial charge is 0.450 e. The van der Waals surface area contributed by atoms with E-state index in [2.05, 4.69) is 10.2 Å². The van der Waals surface area contributed by atoms with Crippen LogP contribution in [-0.4, -0.2) is 22.0 Å². The van der Waals surface area contributed by atoms with Gasteiger partial charge < -0.3 is 9.32 Å². The highest BCUT2D eigenvalue weighted by atomic mass is 35.5. The van der Waals surface area contributed by atoms with Crippen LogP contribution in [0.25, 0.3) is 11.0 Å². The number of benzene rings is 3. The summed E-state index contributed by atoms with van der Waals surface area (Å²) < 4.78 is 6.10. The third-order valence-corrected chi connectivity index (χ3v) is 8.58. The van der Waals surface area contributed by atoms with E-state index in [0.29, 0.717) is 22.7 Å². The number of hydrogen-bond donors (Lipinski definition) is 0. The van der Waals surface area contributed by atoms with Crippen LogP contribution in [-0.2, 0) is 23.3 Å². The van der Waals surface area contributed by atoms with Crippen molar-refractivity contribution in [3.05, 3.63) is 116 Å². The Hall–Kier alpha value is -4.34. The number of anilines is 2. The van der Waals surface area contributed by atoms with Gasteiger partial charge in [-0.25, -0.2) is 0 Å². The molecule has 0 bridgehead atoms. The Morgan fingerprint density at radius 3 is 2.55 bits per heavy atom. The van der Waals surface area contributed by atoms with Crippen LogP contribution in [0.4, 0.5) is 10.8 Å². The minimum Gasteiger partial charge on any atom is -0.450 e. The Morgan fingerprint density at radius 2 is 1.75 bits per heavy atom. The summed E-state index contributed by atoms with van der Waals surface area (Å²) in [5.41, 5.74) is -0.127. The molecular formula is C30H21ClN4O4S. The lowest BCUT2D eigenvalue weighted by molar-refractivity contribution is -0.121. The molecule has 2 aliphatic heterocycles. The first-order valence-electron chi connectivity index (χ1n) is 12.8. The minimum absolute atomic E-state index is 0.0347. The van der Waals surface area contributed by atoms with Crippen LogP contribution in [0.2, 0.25) is 5.02 Å². The van der Waals surface area contributed by atoms with Gasteiger partial charge in [0.15, 0.2) is 11.0 Å². The Kier molecular flexibility index (Phi) is 5.62. The van der Waals surface area contributed by atoms with Gasteiger partial charge >= 0.3 is 0 Å². The van der Waals surface area contributed by atoms with Gasteiger partial charge in [0, 0.05) is 17.0 Å². The predicted molar refractivity (Wildman–Crippen MR) is 153 cm³/mol. The van der Waals surface area contributed by atoms with Crippen molar-refractivity contribution < 1.29 is 14.0 Å². The van der Waals surface area contributed by atoms with Crippen molar-refractivity contribution in [2.75, 3.05) is 9.80 Å². The van der Waals surface area contributed by atoms with E-state index >= 15 is 0 Å².